The monoisotopic (exact) mass is 297 g/mol. The number of amidine groups is 1. The van der Waals surface area contributed by atoms with Gasteiger partial charge in [-0.05, 0) is 26.0 Å². The van der Waals surface area contributed by atoms with Crippen LogP contribution in [0.1, 0.15) is 25.8 Å². The highest BCUT2D eigenvalue weighted by molar-refractivity contribution is 5.97. The average molecular weight is 297 g/mol. The van der Waals surface area contributed by atoms with Gasteiger partial charge in [0.25, 0.3) is 0 Å². The molecule has 0 unspecified atom stereocenters. The summed E-state index contributed by atoms with van der Waals surface area (Å²) in [4.78, 5) is 10.5. The van der Waals surface area contributed by atoms with Gasteiger partial charge in [0.1, 0.15) is 0 Å². The van der Waals surface area contributed by atoms with Crippen molar-refractivity contribution in [2.75, 3.05) is 13.7 Å². The minimum Gasteiger partial charge on any atom is -0.487 e. The largest absolute Gasteiger partial charge is 0.487 e. The van der Waals surface area contributed by atoms with E-state index in [0.29, 0.717) is 6.42 Å². The lowest BCUT2D eigenvalue weighted by Gasteiger charge is -2.22. The summed E-state index contributed by atoms with van der Waals surface area (Å²) in [6.45, 7) is 4.06. The van der Waals surface area contributed by atoms with Crippen LogP contribution in [0.2, 0.25) is 0 Å². The van der Waals surface area contributed by atoms with E-state index in [2.05, 4.69) is 5.16 Å². The summed E-state index contributed by atoms with van der Waals surface area (Å²) in [5.74, 6) is -0.0773. The van der Waals surface area contributed by atoms with E-state index in [0.717, 1.165) is 0 Å². The summed E-state index contributed by atoms with van der Waals surface area (Å²) in [5, 5.41) is 22.5. The number of methoxy groups -OCH3 is 1. The standard InChI is InChI=1S/C13H19N3O5/c1-13(2,20-3)6-7-21-11-5-4-9(12(14)15-17)8-10(11)16(18)19/h4-5,8,17H,6-7H2,1-3H3,(H2,14,15). The number of benzene rings is 1. The third kappa shape index (κ3) is 4.60. The molecule has 0 amide bonds. The number of ether oxygens (including phenoxy) is 2. The second-order valence-corrected chi connectivity index (χ2v) is 4.99. The Balaban J connectivity index is 2.90. The van der Waals surface area contributed by atoms with Gasteiger partial charge >= 0.3 is 5.69 Å². The first-order chi connectivity index (χ1) is 9.80. The molecule has 0 heterocycles. The number of oxime groups is 1. The molecule has 0 radical (unpaired) electrons. The maximum atomic E-state index is 11.1. The minimum absolute atomic E-state index is 0.126. The van der Waals surface area contributed by atoms with Gasteiger partial charge < -0.3 is 20.4 Å². The fraction of sp³-hybridized carbons (Fsp3) is 0.462. The molecule has 0 bridgehead atoms. The molecular weight excluding hydrogens is 278 g/mol. The summed E-state index contributed by atoms with van der Waals surface area (Å²) in [7, 11) is 1.59. The predicted octanol–water partition coefficient (Wildman–Crippen LogP) is 1.88. The summed E-state index contributed by atoms with van der Waals surface area (Å²) < 4.78 is 10.7. The van der Waals surface area contributed by atoms with E-state index in [1.54, 1.807) is 7.11 Å². The SMILES string of the molecule is COC(C)(C)CCOc1ccc(/C(N)=N/O)cc1[N+](=O)[O-]. The molecule has 1 aromatic carbocycles. The molecule has 0 aliphatic carbocycles. The number of hydrogen-bond acceptors (Lipinski definition) is 6. The minimum atomic E-state index is -0.578. The molecule has 8 heteroatoms. The Hall–Kier alpha value is -2.35. The van der Waals surface area contributed by atoms with Gasteiger partial charge in [-0.15, -0.1) is 0 Å². The van der Waals surface area contributed by atoms with E-state index in [4.69, 9.17) is 20.4 Å². The lowest BCUT2D eigenvalue weighted by molar-refractivity contribution is -0.385. The van der Waals surface area contributed by atoms with Crippen LogP contribution in [0.3, 0.4) is 0 Å². The van der Waals surface area contributed by atoms with Crippen LogP contribution in [0.4, 0.5) is 5.69 Å². The van der Waals surface area contributed by atoms with Crippen LogP contribution in [-0.2, 0) is 4.74 Å². The smallest absolute Gasteiger partial charge is 0.311 e. The second-order valence-electron chi connectivity index (χ2n) is 4.99. The molecule has 3 N–H and O–H groups in total. The highest BCUT2D eigenvalue weighted by Gasteiger charge is 2.20. The van der Waals surface area contributed by atoms with Gasteiger partial charge in [-0.1, -0.05) is 5.16 Å². The van der Waals surface area contributed by atoms with Crippen LogP contribution >= 0.6 is 0 Å². The van der Waals surface area contributed by atoms with Crippen LogP contribution < -0.4 is 10.5 Å². The fourth-order valence-electron chi connectivity index (χ4n) is 1.51. The Bertz CT molecular complexity index is 543. The highest BCUT2D eigenvalue weighted by Crippen LogP contribution is 2.28. The van der Waals surface area contributed by atoms with Crippen LogP contribution in [-0.4, -0.2) is 35.3 Å². The number of nitro groups is 1. The van der Waals surface area contributed by atoms with Crippen molar-refractivity contribution in [1.29, 1.82) is 0 Å². The molecule has 0 spiro atoms. The topological polar surface area (TPSA) is 120 Å². The zero-order valence-corrected chi connectivity index (χ0v) is 12.2. The summed E-state index contributed by atoms with van der Waals surface area (Å²) in [6, 6.07) is 4.11. The third-order valence-corrected chi connectivity index (χ3v) is 3.07. The number of nitrogens with two attached hydrogens (primary N) is 1. The van der Waals surface area contributed by atoms with Crippen molar-refractivity contribution in [3.05, 3.63) is 33.9 Å². The molecule has 1 aromatic rings. The molecule has 0 fully saturated rings. The van der Waals surface area contributed by atoms with E-state index in [1.165, 1.54) is 18.2 Å². The first kappa shape index (κ1) is 16.7. The van der Waals surface area contributed by atoms with E-state index in [9.17, 15) is 10.1 Å². The van der Waals surface area contributed by atoms with Crippen LogP contribution in [0.5, 0.6) is 5.75 Å². The molecule has 0 aromatic heterocycles. The van der Waals surface area contributed by atoms with Gasteiger partial charge in [-0.2, -0.15) is 0 Å². The average Bonchev–Trinajstić information content (AvgIpc) is 2.46. The summed E-state index contributed by atoms with van der Waals surface area (Å²) in [6.07, 6.45) is 0.572. The van der Waals surface area contributed by atoms with Gasteiger partial charge in [0.05, 0.1) is 17.1 Å². The van der Waals surface area contributed by atoms with E-state index >= 15 is 0 Å². The van der Waals surface area contributed by atoms with Gasteiger partial charge in [-0.3, -0.25) is 10.1 Å². The van der Waals surface area contributed by atoms with Crippen molar-refractivity contribution in [2.45, 2.75) is 25.9 Å². The molecule has 0 aliphatic heterocycles. The molecule has 0 atom stereocenters. The van der Waals surface area contributed by atoms with Crippen molar-refractivity contribution < 1.29 is 19.6 Å². The van der Waals surface area contributed by atoms with Crippen LogP contribution in [0, 0.1) is 10.1 Å². The zero-order valence-electron chi connectivity index (χ0n) is 12.2. The third-order valence-electron chi connectivity index (χ3n) is 3.07. The zero-order chi connectivity index (χ0) is 16.0. The Morgan fingerprint density at radius 2 is 2.19 bits per heavy atom. The van der Waals surface area contributed by atoms with Gasteiger partial charge in [0.15, 0.2) is 11.6 Å². The van der Waals surface area contributed by atoms with Crippen molar-refractivity contribution in [3.63, 3.8) is 0 Å². The Morgan fingerprint density at radius 1 is 1.52 bits per heavy atom. The maximum Gasteiger partial charge on any atom is 0.311 e. The molecule has 8 nitrogen and oxygen atoms in total. The van der Waals surface area contributed by atoms with Crippen LogP contribution in [0.15, 0.2) is 23.4 Å². The van der Waals surface area contributed by atoms with Crippen molar-refractivity contribution in [2.24, 2.45) is 10.9 Å². The normalized spacial score (nSPS) is 12.2. The summed E-state index contributed by atoms with van der Waals surface area (Å²) >= 11 is 0. The molecule has 1 rings (SSSR count). The number of hydrogen-bond donors (Lipinski definition) is 2. The Labute approximate surface area is 122 Å². The van der Waals surface area contributed by atoms with Crippen molar-refractivity contribution in [3.8, 4) is 5.75 Å². The maximum absolute atomic E-state index is 11.1. The van der Waals surface area contributed by atoms with Gasteiger partial charge in [0, 0.05) is 25.2 Å². The highest BCUT2D eigenvalue weighted by atomic mass is 16.6. The Kier molecular flexibility index (Phi) is 5.48. The van der Waals surface area contributed by atoms with Gasteiger partial charge in [0.2, 0.25) is 0 Å². The lowest BCUT2D eigenvalue weighted by atomic mass is 10.1. The first-order valence-corrected chi connectivity index (χ1v) is 6.25. The second kappa shape index (κ2) is 6.89. The van der Waals surface area contributed by atoms with E-state index in [1.807, 2.05) is 13.8 Å². The number of rotatable bonds is 7. The lowest BCUT2D eigenvalue weighted by Crippen LogP contribution is -2.25. The molecule has 0 saturated carbocycles. The number of nitro benzene ring substituents is 1. The fourth-order valence-corrected chi connectivity index (χ4v) is 1.51. The Morgan fingerprint density at radius 3 is 2.71 bits per heavy atom. The van der Waals surface area contributed by atoms with Crippen LogP contribution in [0.25, 0.3) is 0 Å². The molecule has 0 aliphatic rings. The predicted molar refractivity (Wildman–Crippen MR) is 76.8 cm³/mol. The molecule has 116 valence electrons. The molecule has 21 heavy (non-hydrogen) atoms. The summed E-state index contributed by atoms with van der Waals surface area (Å²) in [5.41, 5.74) is 5.04. The first-order valence-electron chi connectivity index (χ1n) is 6.25. The van der Waals surface area contributed by atoms with Crippen molar-refractivity contribution >= 4 is 11.5 Å². The molecular formula is C13H19N3O5. The van der Waals surface area contributed by atoms with E-state index < -0.39 is 4.92 Å². The van der Waals surface area contributed by atoms with Crippen molar-refractivity contribution in [1.82, 2.24) is 0 Å². The quantitative estimate of drug-likeness (QED) is 0.260. The van der Waals surface area contributed by atoms with E-state index in [-0.39, 0.29) is 35.0 Å². The van der Waals surface area contributed by atoms with Gasteiger partial charge in [-0.25, -0.2) is 0 Å². The number of nitrogens with zero attached hydrogens (tertiary/aromatic N) is 2. The molecule has 0 saturated heterocycles.